The molecule has 7 rings (SSSR count). The SMILES string of the molecule is O=C(NCCCCCO/N=C1/C(c2c(O)[nH]c3ccccc23)=Nc2ccccc21)c1cc(Cc2n[nH]c(=O)c3ccccc23)ccc1F. The first-order valence-electron chi connectivity index (χ1n) is 15.7. The molecule has 1 aliphatic heterocycles. The molecule has 3 heterocycles. The quantitative estimate of drug-likeness (QED) is 0.0969. The van der Waals surface area contributed by atoms with Crippen molar-refractivity contribution in [2.75, 3.05) is 13.2 Å². The number of halogens is 1. The Balaban J connectivity index is 0.927. The molecule has 240 valence electrons. The molecule has 0 unspecified atom stereocenters. The second-order valence-electron chi connectivity index (χ2n) is 11.5. The van der Waals surface area contributed by atoms with Crippen LogP contribution in [0.1, 0.15) is 52.0 Å². The Bertz CT molecular complexity index is 2290. The Labute approximate surface area is 274 Å². The van der Waals surface area contributed by atoms with Crippen LogP contribution in [0.15, 0.2) is 106 Å². The van der Waals surface area contributed by atoms with Crippen molar-refractivity contribution in [2.24, 2.45) is 10.1 Å². The van der Waals surface area contributed by atoms with E-state index in [9.17, 15) is 19.1 Å². The molecule has 0 aliphatic carbocycles. The fraction of sp³-hybridized carbons (Fsp3) is 0.162. The van der Waals surface area contributed by atoms with E-state index in [0.717, 1.165) is 28.6 Å². The van der Waals surface area contributed by atoms with Crippen LogP contribution < -0.4 is 10.9 Å². The number of aromatic amines is 2. The molecule has 1 aliphatic rings. The maximum atomic E-state index is 14.6. The lowest BCUT2D eigenvalue weighted by Gasteiger charge is -2.09. The van der Waals surface area contributed by atoms with Gasteiger partial charge in [-0.2, -0.15) is 5.10 Å². The number of H-pyrrole nitrogens is 2. The molecule has 10 nitrogen and oxygen atoms in total. The molecule has 0 fully saturated rings. The number of unbranched alkanes of at least 4 members (excludes halogenated alkanes) is 2. The summed E-state index contributed by atoms with van der Waals surface area (Å²) in [5, 5.41) is 26.7. The van der Waals surface area contributed by atoms with E-state index in [2.05, 4.69) is 25.7 Å². The minimum atomic E-state index is -0.611. The highest BCUT2D eigenvalue weighted by molar-refractivity contribution is 6.58. The summed E-state index contributed by atoms with van der Waals surface area (Å²) < 4.78 is 14.6. The van der Waals surface area contributed by atoms with E-state index in [-0.39, 0.29) is 17.0 Å². The van der Waals surface area contributed by atoms with E-state index in [1.54, 1.807) is 18.2 Å². The van der Waals surface area contributed by atoms with Crippen molar-refractivity contribution in [1.82, 2.24) is 20.5 Å². The molecule has 2 aromatic heterocycles. The Kier molecular flexibility index (Phi) is 8.48. The van der Waals surface area contributed by atoms with Gasteiger partial charge in [-0.15, -0.1) is 0 Å². The number of nitrogens with one attached hydrogen (secondary N) is 3. The van der Waals surface area contributed by atoms with Crippen molar-refractivity contribution in [3.05, 3.63) is 135 Å². The van der Waals surface area contributed by atoms with Gasteiger partial charge in [0, 0.05) is 34.8 Å². The van der Waals surface area contributed by atoms with E-state index >= 15 is 0 Å². The van der Waals surface area contributed by atoms with Gasteiger partial charge in [-0.3, -0.25) is 9.59 Å². The molecule has 48 heavy (non-hydrogen) atoms. The van der Waals surface area contributed by atoms with E-state index in [4.69, 9.17) is 9.83 Å². The number of para-hydroxylation sites is 2. The number of aliphatic imine (C=N–C) groups is 1. The Hall–Kier alpha value is -6.10. The van der Waals surface area contributed by atoms with Crippen LogP contribution in [-0.4, -0.2) is 50.8 Å². The number of fused-ring (bicyclic) bond motifs is 3. The van der Waals surface area contributed by atoms with Crippen LogP contribution in [0.3, 0.4) is 0 Å². The number of hydrogen-bond acceptors (Lipinski definition) is 7. The third-order valence-corrected chi connectivity index (χ3v) is 8.31. The van der Waals surface area contributed by atoms with Crippen molar-refractivity contribution in [1.29, 1.82) is 0 Å². The highest BCUT2D eigenvalue weighted by Crippen LogP contribution is 2.35. The lowest BCUT2D eigenvalue weighted by Crippen LogP contribution is -2.25. The number of carbonyl (C=O) groups excluding carboxylic acids is 1. The molecule has 0 spiro atoms. The lowest BCUT2D eigenvalue weighted by molar-refractivity contribution is 0.0948. The largest absolute Gasteiger partial charge is 0.494 e. The van der Waals surface area contributed by atoms with Crippen LogP contribution in [0, 0.1) is 5.82 Å². The molecular weight excluding hydrogens is 611 g/mol. The van der Waals surface area contributed by atoms with E-state index in [0.29, 0.717) is 71.4 Å². The van der Waals surface area contributed by atoms with Crippen LogP contribution in [-0.2, 0) is 11.3 Å². The maximum absolute atomic E-state index is 14.6. The van der Waals surface area contributed by atoms with E-state index in [1.165, 1.54) is 12.1 Å². The van der Waals surface area contributed by atoms with Gasteiger partial charge in [-0.05, 0) is 55.2 Å². The summed E-state index contributed by atoms with van der Waals surface area (Å²) in [6.07, 6.45) is 2.42. The molecule has 0 bridgehead atoms. The smallest absolute Gasteiger partial charge is 0.272 e. The monoisotopic (exact) mass is 642 g/mol. The van der Waals surface area contributed by atoms with Crippen LogP contribution in [0.25, 0.3) is 21.7 Å². The fourth-order valence-electron chi connectivity index (χ4n) is 5.94. The zero-order valence-electron chi connectivity index (χ0n) is 25.8. The number of rotatable bonds is 11. The molecular formula is C37H31FN6O4. The summed E-state index contributed by atoms with van der Waals surface area (Å²) in [5.74, 6) is -1.09. The average molecular weight is 643 g/mol. The molecule has 0 atom stereocenters. The summed E-state index contributed by atoms with van der Waals surface area (Å²) >= 11 is 0. The van der Waals surface area contributed by atoms with Crippen molar-refractivity contribution in [2.45, 2.75) is 25.7 Å². The predicted molar refractivity (Wildman–Crippen MR) is 183 cm³/mol. The van der Waals surface area contributed by atoms with Gasteiger partial charge in [0.25, 0.3) is 11.5 Å². The number of oxime groups is 1. The van der Waals surface area contributed by atoms with Gasteiger partial charge in [0.1, 0.15) is 23.8 Å². The molecule has 0 saturated heterocycles. The Morgan fingerprint density at radius 3 is 2.56 bits per heavy atom. The number of hydrogen-bond donors (Lipinski definition) is 4. The van der Waals surface area contributed by atoms with Gasteiger partial charge in [-0.25, -0.2) is 14.5 Å². The van der Waals surface area contributed by atoms with Crippen LogP contribution >= 0.6 is 0 Å². The van der Waals surface area contributed by atoms with Gasteiger partial charge >= 0.3 is 0 Å². The average Bonchev–Trinajstić information content (AvgIpc) is 3.63. The maximum Gasteiger partial charge on any atom is 0.272 e. The van der Waals surface area contributed by atoms with E-state index in [1.807, 2.05) is 60.7 Å². The number of carbonyl (C=O) groups is 1. The molecule has 11 heteroatoms. The summed E-state index contributed by atoms with van der Waals surface area (Å²) in [4.78, 5) is 38.5. The number of amides is 1. The molecule has 6 aromatic rings. The summed E-state index contributed by atoms with van der Waals surface area (Å²) in [6.45, 7) is 0.712. The second-order valence-corrected chi connectivity index (χ2v) is 11.5. The minimum Gasteiger partial charge on any atom is -0.494 e. The van der Waals surface area contributed by atoms with Crippen LogP contribution in [0.5, 0.6) is 5.88 Å². The minimum absolute atomic E-state index is 0.0171. The first-order valence-corrected chi connectivity index (χ1v) is 15.7. The molecule has 4 aromatic carbocycles. The Morgan fingerprint density at radius 1 is 0.917 bits per heavy atom. The van der Waals surface area contributed by atoms with Gasteiger partial charge in [0.2, 0.25) is 0 Å². The van der Waals surface area contributed by atoms with Gasteiger partial charge in [0.15, 0.2) is 5.88 Å². The number of benzene rings is 4. The highest BCUT2D eigenvalue weighted by Gasteiger charge is 2.29. The third kappa shape index (κ3) is 6.05. The van der Waals surface area contributed by atoms with Crippen LogP contribution in [0.4, 0.5) is 10.1 Å². The summed E-state index contributed by atoms with van der Waals surface area (Å²) in [7, 11) is 0. The zero-order valence-corrected chi connectivity index (χ0v) is 25.8. The van der Waals surface area contributed by atoms with Crippen molar-refractivity contribution in [3.63, 3.8) is 0 Å². The van der Waals surface area contributed by atoms with Crippen LogP contribution in [0.2, 0.25) is 0 Å². The lowest BCUT2D eigenvalue weighted by atomic mass is 10.0. The topological polar surface area (TPSA) is 145 Å². The normalized spacial score (nSPS) is 13.2. The van der Waals surface area contributed by atoms with Crippen molar-refractivity contribution >= 4 is 44.7 Å². The number of aromatic nitrogens is 3. The highest BCUT2D eigenvalue weighted by atomic mass is 19.1. The number of nitrogens with zero attached hydrogens (tertiary/aromatic N) is 3. The second kappa shape index (κ2) is 13.3. The van der Waals surface area contributed by atoms with Crippen molar-refractivity contribution in [3.8, 4) is 5.88 Å². The standard InChI is InChI=1S/C37H31FN6O4/c38-28-17-16-22(21-31-23-10-2-3-11-24(23)36(46)43-42-31)20-27(28)35(45)39-18-8-1-9-19-48-44-33-26-13-5-7-15-30(26)40-34(33)32-25-12-4-6-14-29(25)41-37(32)47/h2-7,10-17,20,41,47H,1,8-9,18-19,21H2,(H,39,45)(H,43,46)/b44-33+. The van der Waals surface area contributed by atoms with Gasteiger partial charge < -0.3 is 20.2 Å². The first kappa shape index (κ1) is 30.5. The van der Waals surface area contributed by atoms with Gasteiger partial charge in [0.05, 0.1) is 27.9 Å². The molecule has 4 N–H and O–H groups in total. The number of aromatic hydroxyl groups is 1. The Morgan fingerprint density at radius 2 is 1.69 bits per heavy atom. The summed E-state index contributed by atoms with van der Waals surface area (Å²) in [5.41, 5.74) is 5.02. The van der Waals surface area contributed by atoms with E-state index < -0.39 is 11.7 Å². The van der Waals surface area contributed by atoms with Crippen molar-refractivity contribution < 1.29 is 19.1 Å². The molecule has 1 amide bonds. The predicted octanol–water partition coefficient (Wildman–Crippen LogP) is 6.30. The molecule has 0 radical (unpaired) electrons. The first-order chi connectivity index (χ1) is 23.5. The third-order valence-electron chi connectivity index (χ3n) is 8.31. The summed E-state index contributed by atoms with van der Waals surface area (Å²) in [6, 6.07) is 26.8. The van der Waals surface area contributed by atoms with Gasteiger partial charge in [-0.1, -0.05) is 65.8 Å². The zero-order chi connectivity index (χ0) is 33.0. The molecule has 0 saturated carbocycles. The fourth-order valence-corrected chi connectivity index (χ4v) is 5.94.